The molecule has 4 fully saturated rings. The van der Waals surface area contributed by atoms with E-state index in [2.05, 4.69) is 19.1 Å². The highest BCUT2D eigenvalue weighted by molar-refractivity contribution is 7.86. The van der Waals surface area contributed by atoms with E-state index in [9.17, 15) is 13.2 Å². The number of fused-ring (bicyclic) bond motifs is 4. The number of carbonyl (C=O) groups is 1. The molecule has 0 bridgehead atoms. The van der Waals surface area contributed by atoms with E-state index in [4.69, 9.17) is 8.92 Å². The van der Waals surface area contributed by atoms with Crippen molar-refractivity contribution in [3.05, 3.63) is 12.2 Å². The van der Waals surface area contributed by atoms with Crippen LogP contribution in [0.4, 0.5) is 0 Å². The first-order valence-corrected chi connectivity index (χ1v) is 14.2. The van der Waals surface area contributed by atoms with Crippen molar-refractivity contribution in [2.24, 2.45) is 40.4 Å². The quantitative estimate of drug-likeness (QED) is 0.349. The van der Waals surface area contributed by atoms with Gasteiger partial charge in [0.15, 0.2) is 0 Å². The van der Waals surface area contributed by atoms with Crippen molar-refractivity contribution in [2.45, 2.75) is 90.3 Å². The third-order valence-electron chi connectivity index (χ3n) is 10.1. The summed E-state index contributed by atoms with van der Waals surface area (Å²) in [4.78, 5) is 11.5. The van der Waals surface area contributed by atoms with Crippen LogP contribution in [0.3, 0.4) is 0 Å². The van der Waals surface area contributed by atoms with E-state index in [1.807, 2.05) is 0 Å². The molecule has 4 unspecified atom stereocenters. The van der Waals surface area contributed by atoms with Crippen LogP contribution >= 0.6 is 0 Å². The van der Waals surface area contributed by atoms with Crippen LogP contribution < -0.4 is 0 Å². The predicted molar refractivity (Wildman–Crippen MR) is 119 cm³/mol. The summed E-state index contributed by atoms with van der Waals surface area (Å²) in [6, 6.07) is 0. The molecule has 0 N–H and O–H groups in total. The van der Waals surface area contributed by atoms with Gasteiger partial charge in [0.05, 0.1) is 12.4 Å². The lowest BCUT2D eigenvalue weighted by Gasteiger charge is -2.61. The van der Waals surface area contributed by atoms with Crippen LogP contribution in [-0.2, 0) is 23.8 Å². The Hall–Kier alpha value is -0.880. The SMILES string of the molecule is CC(=O)O[C@@H]1CC[C@]2(C)C3CC[C@]45C=CC[C@@H](OS(C)(=O)=O)C4CCC5C3CC[C@H]2C1. The van der Waals surface area contributed by atoms with E-state index in [1.54, 1.807) is 0 Å². The second kappa shape index (κ2) is 7.58. The molecule has 1 spiro atoms. The highest BCUT2D eigenvalue weighted by Crippen LogP contribution is 2.69. The molecule has 9 atom stereocenters. The van der Waals surface area contributed by atoms with Gasteiger partial charge in [-0.3, -0.25) is 8.98 Å². The Balaban J connectivity index is 1.37. The first-order chi connectivity index (χ1) is 14.6. The number of hydrogen-bond donors (Lipinski definition) is 0. The van der Waals surface area contributed by atoms with E-state index in [1.165, 1.54) is 45.3 Å². The van der Waals surface area contributed by atoms with E-state index in [0.717, 1.165) is 43.9 Å². The number of hydrogen-bond acceptors (Lipinski definition) is 5. The second-order valence-electron chi connectivity index (χ2n) is 11.5. The molecule has 0 heterocycles. The summed E-state index contributed by atoms with van der Waals surface area (Å²) in [5, 5.41) is 0. The standard InChI is InChI=1S/C25H38O5S/c1-16(26)29-18-10-13-24(2)17(15-18)6-7-19-20(24)11-14-25-12-4-5-23(30-31(3,27)28)22(25)9-8-21(19)25/h4,12,17-23H,5-11,13-15H2,1-3H3/t17-,18+,19?,20?,21?,22?,23+,24-,25-/m0/s1. The maximum atomic E-state index is 11.9. The molecule has 5 nitrogen and oxygen atoms in total. The minimum atomic E-state index is -3.44. The Labute approximate surface area is 187 Å². The fourth-order valence-corrected chi connectivity index (χ4v) is 9.77. The largest absolute Gasteiger partial charge is 0.463 e. The minimum absolute atomic E-state index is 0.105. The molecule has 0 aromatic heterocycles. The molecule has 174 valence electrons. The number of esters is 1. The summed E-state index contributed by atoms with van der Waals surface area (Å²) in [6.45, 7) is 4.05. The molecule has 5 aliphatic carbocycles. The van der Waals surface area contributed by atoms with Crippen molar-refractivity contribution in [3.8, 4) is 0 Å². The summed E-state index contributed by atoms with van der Waals surface area (Å²) in [6.07, 6.45) is 16.9. The summed E-state index contributed by atoms with van der Waals surface area (Å²) >= 11 is 0. The molecule has 0 aromatic carbocycles. The third kappa shape index (κ3) is 3.60. The monoisotopic (exact) mass is 450 g/mol. The number of rotatable bonds is 3. The van der Waals surface area contributed by atoms with Crippen molar-refractivity contribution < 1.29 is 22.1 Å². The summed E-state index contributed by atoms with van der Waals surface area (Å²) in [5.74, 6) is 2.97. The Morgan fingerprint density at radius 2 is 1.77 bits per heavy atom. The summed E-state index contributed by atoms with van der Waals surface area (Å²) in [5.41, 5.74) is 0.479. The molecule has 0 aromatic rings. The van der Waals surface area contributed by atoms with E-state index in [-0.39, 0.29) is 23.6 Å². The van der Waals surface area contributed by atoms with Crippen LogP contribution in [0, 0.1) is 40.4 Å². The van der Waals surface area contributed by atoms with Crippen LogP contribution in [0.1, 0.15) is 78.1 Å². The van der Waals surface area contributed by atoms with Crippen LogP contribution in [-0.4, -0.2) is 32.9 Å². The first kappa shape index (κ1) is 21.9. The van der Waals surface area contributed by atoms with Crippen molar-refractivity contribution in [1.29, 1.82) is 0 Å². The van der Waals surface area contributed by atoms with E-state index >= 15 is 0 Å². The Morgan fingerprint density at radius 3 is 2.52 bits per heavy atom. The fourth-order valence-electron chi connectivity index (χ4n) is 9.11. The van der Waals surface area contributed by atoms with Gasteiger partial charge in [-0.2, -0.15) is 8.42 Å². The van der Waals surface area contributed by atoms with Gasteiger partial charge < -0.3 is 4.74 Å². The molecule has 5 aliphatic rings. The first-order valence-electron chi connectivity index (χ1n) is 12.4. The maximum Gasteiger partial charge on any atom is 0.302 e. The van der Waals surface area contributed by atoms with Crippen molar-refractivity contribution in [3.63, 3.8) is 0 Å². The van der Waals surface area contributed by atoms with Gasteiger partial charge in [0.1, 0.15) is 6.10 Å². The van der Waals surface area contributed by atoms with Gasteiger partial charge >= 0.3 is 5.97 Å². The van der Waals surface area contributed by atoms with Crippen LogP contribution in [0.25, 0.3) is 0 Å². The average Bonchev–Trinajstić information content (AvgIpc) is 3.07. The molecule has 6 heteroatoms. The highest BCUT2D eigenvalue weighted by Gasteiger charge is 2.62. The lowest BCUT2D eigenvalue weighted by Crippen LogP contribution is -2.55. The Kier molecular flexibility index (Phi) is 5.36. The lowest BCUT2D eigenvalue weighted by atomic mass is 9.44. The molecule has 0 saturated heterocycles. The number of carbonyl (C=O) groups excluding carboxylic acids is 1. The normalized spacial score (nSPS) is 48.8. The zero-order valence-corrected chi connectivity index (χ0v) is 20.0. The molecule has 5 rings (SSSR count). The molecular weight excluding hydrogens is 412 g/mol. The number of allylic oxidation sites excluding steroid dienone is 1. The molecule has 0 amide bonds. The van der Waals surface area contributed by atoms with Crippen LogP contribution in [0.15, 0.2) is 12.2 Å². The molecule has 4 saturated carbocycles. The Morgan fingerprint density at radius 1 is 1.00 bits per heavy atom. The summed E-state index contributed by atoms with van der Waals surface area (Å²) < 4.78 is 35.0. The zero-order valence-electron chi connectivity index (χ0n) is 19.2. The van der Waals surface area contributed by atoms with Crippen molar-refractivity contribution >= 4 is 16.1 Å². The Bertz CT molecular complexity index is 865. The second-order valence-corrected chi connectivity index (χ2v) is 13.1. The lowest BCUT2D eigenvalue weighted by molar-refractivity contribution is -0.159. The predicted octanol–water partition coefficient (Wildman–Crippen LogP) is 4.86. The maximum absolute atomic E-state index is 11.9. The third-order valence-corrected chi connectivity index (χ3v) is 10.7. The van der Waals surface area contributed by atoms with Gasteiger partial charge in [-0.1, -0.05) is 19.1 Å². The molecule has 0 radical (unpaired) electrons. The molecule has 31 heavy (non-hydrogen) atoms. The van der Waals surface area contributed by atoms with Gasteiger partial charge in [-0.25, -0.2) is 0 Å². The topological polar surface area (TPSA) is 69.7 Å². The fraction of sp³-hybridized carbons (Fsp3) is 0.880. The molecular formula is C25H38O5S. The van der Waals surface area contributed by atoms with Crippen molar-refractivity contribution in [1.82, 2.24) is 0 Å². The highest BCUT2D eigenvalue weighted by atomic mass is 32.2. The van der Waals surface area contributed by atoms with Gasteiger partial charge in [0, 0.05) is 6.92 Å². The van der Waals surface area contributed by atoms with Gasteiger partial charge in [-0.15, -0.1) is 0 Å². The summed E-state index contributed by atoms with van der Waals surface area (Å²) in [7, 11) is -3.44. The average molecular weight is 451 g/mol. The number of ether oxygens (including phenoxy) is 1. The van der Waals surface area contributed by atoms with Crippen LogP contribution in [0.2, 0.25) is 0 Å². The van der Waals surface area contributed by atoms with Gasteiger partial charge in [0.25, 0.3) is 10.1 Å². The van der Waals surface area contributed by atoms with Crippen LogP contribution in [0.5, 0.6) is 0 Å². The van der Waals surface area contributed by atoms with Gasteiger partial charge in [0.2, 0.25) is 0 Å². The molecule has 0 aliphatic heterocycles. The van der Waals surface area contributed by atoms with E-state index in [0.29, 0.717) is 23.2 Å². The van der Waals surface area contributed by atoms with Gasteiger partial charge in [-0.05, 0) is 105 Å². The minimum Gasteiger partial charge on any atom is -0.463 e. The van der Waals surface area contributed by atoms with E-state index < -0.39 is 10.1 Å². The van der Waals surface area contributed by atoms with Crippen molar-refractivity contribution in [2.75, 3.05) is 6.26 Å². The zero-order chi connectivity index (χ0) is 22.0. The smallest absolute Gasteiger partial charge is 0.302 e.